The number of carbonyl (C=O) groups excluding carboxylic acids is 1. The van der Waals surface area contributed by atoms with Crippen molar-refractivity contribution in [2.75, 3.05) is 5.32 Å². The van der Waals surface area contributed by atoms with Crippen molar-refractivity contribution in [3.05, 3.63) is 70.3 Å². The molecule has 6 nitrogen and oxygen atoms in total. The largest absolute Gasteiger partial charge is 0.487 e. The van der Waals surface area contributed by atoms with Gasteiger partial charge in [-0.25, -0.2) is 4.98 Å². The van der Waals surface area contributed by atoms with Gasteiger partial charge in [-0.1, -0.05) is 19.1 Å². The van der Waals surface area contributed by atoms with E-state index in [0.717, 1.165) is 12.0 Å². The number of nitrogens with one attached hydrogen (secondary N) is 1. The molecular weight excluding hydrogens is 330 g/mol. The summed E-state index contributed by atoms with van der Waals surface area (Å²) in [4.78, 5) is 28.4. The van der Waals surface area contributed by atoms with Gasteiger partial charge in [0.15, 0.2) is 0 Å². The fourth-order valence-electron chi connectivity index (χ4n) is 2.60. The molecule has 0 aliphatic rings. The van der Waals surface area contributed by atoms with Crippen molar-refractivity contribution >= 4 is 17.2 Å². The second kappa shape index (κ2) is 7.82. The van der Waals surface area contributed by atoms with E-state index in [9.17, 15) is 9.59 Å². The van der Waals surface area contributed by atoms with Gasteiger partial charge < -0.3 is 10.1 Å². The Morgan fingerprint density at radius 1 is 1.23 bits per heavy atom. The molecule has 0 unspecified atom stereocenters. The van der Waals surface area contributed by atoms with Crippen molar-refractivity contribution < 1.29 is 9.53 Å². The molecule has 0 fully saturated rings. The summed E-state index contributed by atoms with van der Waals surface area (Å²) in [6.45, 7) is 4.06. The van der Waals surface area contributed by atoms with Crippen LogP contribution in [-0.2, 0) is 11.4 Å². The van der Waals surface area contributed by atoms with E-state index < -0.39 is 0 Å². The van der Waals surface area contributed by atoms with E-state index in [4.69, 9.17) is 4.74 Å². The molecule has 0 spiro atoms. The van der Waals surface area contributed by atoms with Gasteiger partial charge in [0.2, 0.25) is 5.91 Å². The molecule has 0 atom stereocenters. The molecule has 0 aliphatic heterocycles. The van der Waals surface area contributed by atoms with E-state index in [-0.39, 0.29) is 18.1 Å². The van der Waals surface area contributed by atoms with E-state index in [0.29, 0.717) is 29.2 Å². The number of benzene rings is 1. The van der Waals surface area contributed by atoms with Gasteiger partial charge >= 0.3 is 0 Å². The van der Waals surface area contributed by atoms with E-state index in [2.05, 4.69) is 10.3 Å². The lowest BCUT2D eigenvalue weighted by Gasteiger charge is -2.09. The smallest absolute Gasteiger partial charge is 0.258 e. The van der Waals surface area contributed by atoms with Crippen LogP contribution in [0, 0.1) is 6.92 Å². The lowest BCUT2D eigenvalue weighted by atomic mass is 10.2. The summed E-state index contributed by atoms with van der Waals surface area (Å²) in [7, 11) is 0. The first-order valence-corrected chi connectivity index (χ1v) is 8.57. The summed E-state index contributed by atoms with van der Waals surface area (Å²) in [5.74, 6) is 0.578. The summed E-state index contributed by atoms with van der Waals surface area (Å²) in [5.41, 5.74) is 2.68. The number of hydrogen-bond donors (Lipinski definition) is 1. The Morgan fingerprint density at radius 3 is 2.88 bits per heavy atom. The Balaban J connectivity index is 1.73. The topological polar surface area (TPSA) is 72.7 Å². The monoisotopic (exact) mass is 351 g/mol. The Morgan fingerprint density at radius 2 is 2.08 bits per heavy atom. The number of anilines is 1. The highest BCUT2D eigenvalue weighted by atomic mass is 16.5. The molecular formula is C20H21N3O3. The van der Waals surface area contributed by atoms with E-state index in [1.807, 2.05) is 38.1 Å². The first-order chi connectivity index (χ1) is 12.5. The minimum atomic E-state index is -0.141. The summed E-state index contributed by atoms with van der Waals surface area (Å²) >= 11 is 0. The van der Waals surface area contributed by atoms with Crippen molar-refractivity contribution in [2.45, 2.75) is 33.3 Å². The van der Waals surface area contributed by atoms with Crippen molar-refractivity contribution in [1.29, 1.82) is 0 Å². The van der Waals surface area contributed by atoms with Crippen LogP contribution in [0.4, 0.5) is 5.69 Å². The molecule has 134 valence electrons. The van der Waals surface area contributed by atoms with Gasteiger partial charge in [0.05, 0.1) is 5.69 Å². The second-order valence-corrected chi connectivity index (χ2v) is 6.14. The molecule has 0 aliphatic carbocycles. The van der Waals surface area contributed by atoms with Gasteiger partial charge in [-0.3, -0.25) is 14.0 Å². The molecule has 1 amide bonds. The highest BCUT2D eigenvalue weighted by Crippen LogP contribution is 2.18. The summed E-state index contributed by atoms with van der Waals surface area (Å²) in [6.07, 6.45) is 3.04. The molecule has 0 saturated heterocycles. The van der Waals surface area contributed by atoms with E-state index >= 15 is 0 Å². The Bertz CT molecular complexity index is 995. The minimum Gasteiger partial charge on any atom is -0.487 e. The van der Waals surface area contributed by atoms with E-state index in [1.54, 1.807) is 18.3 Å². The second-order valence-electron chi connectivity index (χ2n) is 6.14. The van der Waals surface area contributed by atoms with Gasteiger partial charge in [0.1, 0.15) is 18.0 Å². The first kappa shape index (κ1) is 17.7. The molecule has 1 N–H and O–H groups in total. The summed E-state index contributed by atoms with van der Waals surface area (Å²) in [5, 5.41) is 2.83. The van der Waals surface area contributed by atoms with Gasteiger partial charge in [-0.2, -0.15) is 0 Å². The molecule has 2 aromatic heterocycles. The SMILES string of the molecule is CCCC(=O)Nc1cccc(OCc2cc(=O)n3cc(C)ccc3n2)c1. The normalized spacial score (nSPS) is 10.7. The van der Waals surface area contributed by atoms with Crippen LogP contribution in [0.2, 0.25) is 0 Å². The maximum Gasteiger partial charge on any atom is 0.258 e. The predicted molar refractivity (Wildman–Crippen MR) is 101 cm³/mol. The number of amides is 1. The Kier molecular flexibility index (Phi) is 5.31. The Hall–Kier alpha value is -3.15. The number of rotatable bonds is 6. The summed E-state index contributed by atoms with van der Waals surface area (Å²) < 4.78 is 7.26. The molecule has 3 rings (SSSR count). The quantitative estimate of drug-likeness (QED) is 0.739. The molecule has 6 heteroatoms. The molecule has 0 bridgehead atoms. The number of hydrogen-bond acceptors (Lipinski definition) is 4. The van der Waals surface area contributed by atoms with Crippen LogP contribution in [0.25, 0.3) is 5.65 Å². The van der Waals surface area contributed by atoms with E-state index in [1.165, 1.54) is 10.5 Å². The minimum absolute atomic E-state index is 0.0239. The van der Waals surface area contributed by atoms with Crippen molar-refractivity contribution in [3.8, 4) is 5.75 Å². The van der Waals surface area contributed by atoms with Crippen molar-refractivity contribution in [1.82, 2.24) is 9.38 Å². The predicted octanol–water partition coefficient (Wildman–Crippen LogP) is 3.32. The van der Waals surface area contributed by atoms with Crippen LogP contribution in [0.15, 0.2) is 53.5 Å². The van der Waals surface area contributed by atoms with Crippen LogP contribution < -0.4 is 15.6 Å². The molecule has 0 radical (unpaired) electrons. The highest BCUT2D eigenvalue weighted by molar-refractivity contribution is 5.90. The third kappa shape index (κ3) is 4.27. The van der Waals surface area contributed by atoms with Gasteiger partial charge in [-0.15, -0.1) is 0 Å². The molecule has 2 heterocycles. The number of fused-ring (bicyclic) bond motifs is 1. The van der Waals surface area contributed by atoms with Gasteiger partial charge in [0.25, 0.3) is 5.56 Å². The number of ether oxygens (including phenoxy) is 1. The van der Waals surface area contributed by atoms with Crippen LogP contribution in [0.3, 0.4) is 0 Å². The highest BCUT2D eigenvalue weighted by Gasteiger charge is 2.05. The zero-order chi connectivity index (χ0) is 18.5. The zero-order valence-corrected chi connectivity index (χ0v) is 14.9. The Labute approximate surface area is 151 Å². The van der Waals surface area contributed by atoms with Crippen LogP contribution in [-0.4, -0.2) is 15.3 Å². The average Bonchev–Trinajstić information content (AvgIpc) is 2.61. The molecule has 1 aromatic carbocycles. The van der Waals surface area contributed by atoms with Crippen LogP contribution >= 0.6 is 0 Å². The van der Waals surface area contributed by atoms with Crippen molar-refractivity contribution in [3.63, 3.8) is 0 Å². The summed E-state index contributed by atoms with van der Waals surface area (Å²) in [6, 6.07) is 12.4. The lowest BCUT2D eigenvalue weighted by Crippen LogP contribution is -2.16. The fourth-order valence-corrected chi connectivity index (χ4v) is 2.60. The van der Waals surface area contributed by atoms with Gasteiger partial charge in [0, 0.05) is 30.4 Å². The standard InChI is InChI=1S/C20H21N3O3/c1-3-5-19(24)22-15-6-4-7-17(10-15)26-13-16-11-20(25)23-12-14(2)8-9-18(23)21-16/h4,6-12H,3,5,13H2,1-2H3,(H,22,24). The molecule has 0 saturated carbocycles. The maximum atomic E-state index is 12.2. The average molecular weight is 351 g/mol. The third-order valence-electron chi connectivity index (χ3n) is 3.84. The number of carbonyl (C=O) groups is 1. The molecule has 3 aromatic rings. The number of aromatic nitrogens is 2. The number of nitrogens with zero attached hydrogens (tertiary/aromatic N) is 2. The van der Waals surface area contributed by atoms with Crippen LogP contribution in [0.5, 0.6) is 5.75 Å². The first-order valence-electron chi connectivity index (χ1n) is 8.57. The van der Waals surface area contributed by atoms with Gasteiger partial charge in [-0.05, 0) is 37.1 Å². The lowest BCUT2D eigenvalue weighted by molar-refractivity contribution is -0.116. The molecule has 26 heavy (non-hydrogen) atoms. The maximum absolute atomic E-state index is 12.2. The third-order valence-corrected chi connectivity index (χ3v) is 3.84. The number of aryl methyl sites for hydroxylation is 1. The fraction of sp³-hybridized carbons (Fsp3) is 0.250. The zero-order valence-electron chi connectivity index (χ0n) is 14.9. The van der Waals surface area contributed by atoms with Crippen molar-refractivity contribution in [2.24, 2.45) is 0 Å². The van der Waals surface area contributed by atoms with Crippen LogP contribution in [0.1, 0.15) is 31.0 Å². The number of pyridine rings is 1.